The van der Waals surface area contributed by atoms with Crippen LogP contribution in [0, 0.1) is 0 Å². The summed E-state index contributed by atoms with van der Waals surface area (Å²) in [4.78, 5) is 2.47. The highest BCUT2D eigenvalue weighted by atomic mass is 35.5. The number of hydrogen-bond acceptors (Lipinski definition) is 4. The van der Waals surface area contributed by atoms with E-state index in [0.29, 0.717) is 0 Å². The molecule has 1 fully saturated rings. The summed E-state index contributed by atoms with van der Waals surface area (Å²) in [5.41, 5.74) is 2.48. The first-order chi connectivity index (χ1) is 12.8. The maximum absolute atomic E-state index is 6.09. The van der Waals surface area contributed by atoms with Gasteiger partial charge >= 0.3 is 0 Å². The molecule has 0 saturated carbocycles. The summed E-state index contributed by atoms with van der Waals surface area (Å²) in [5, 5.41) is 13.4. The number of hydrogen-bond donors (Lipinski definition) is 0. The molecule has 6 heteroatoms. The fourth-order valence-electron chi connectivity index (χ4n) is 3.61. The molecule has 0 aliphatic carbocycles. The highest BCUT2D eigenvalue weighted by molar-refractivity contribution is 6.30. The smallest absolute Gasteiger partial charge is 0.173 e. The Balaban J connectivity index is 1.61. The van der Waals surface area contributed by atoms with Crippen LogP contribution in [0.15, 0.2) is 54.6 Å². The monoisotopic (exact) mass is 367 g/mol. The van der Waals surface area contributed by atoms with Crippen LogP contribution in [0.25, 0.3) is 0 Å². The molecule has 0 radical (unpaired) electrons. The van der Waals surface area contributed by atoms with Crippen LogP contribution < -0.4 is 0 Å². The van der Waals surface area contributed by atoms with Gasteiger partial charge in [-0.2, -0.15) is 0 Å². The van der Waals surface area contributed by atoms with Crippen molar-refractivity contribution in [2.45, 2.75) is 31.8 Å². The minimum Gasteiger partial charge on any atom is -0.290 e. The summed E-state index contributed by atoms with van der Waals surface area (Å²) < 4.78 is 1.95. The standard InChI is InChI=1S/C20H22ClN5/c21-18-10-8-17(9-11-18)19(25-13-4-5-14-25)20-22-23-24-26(20)15-12-16-6-2-1-3-7-16/h1-3,6-11,19H,4-5,12-15H2/t19-/m1/s1. The first-order valence-electron chi connectivity index (χ1n) is 9.11. The first-order valence-corrected chi connectivity index (χ1v) is 9.48. The van der Waals surface area contributed by atoms with Crippen molar-refractivity contribution < 1.29 is 0 Å². The lowest BCUT2D eigenvalue weighted by atomic mass is 10.0. The minimum atomic E-state index is 0.0699. The number of nitrogens with zero attached hydrogens (tertiary/aromatic N) is 5. The normalized spacial score (nSPS) is 16.0. The van der Waals surface area contributed by atoms with E-state index >= 15 is 0 Å². The van der Waals surface area contributed by atoms with E-state index in [-0.39, 0.29) is 6.04 Å². The predicted octanol–water partition coefficient (Wildman–Crippen LogP) is 3.75. The Labute approximate surface area is 158 Å². The van der Waals surface area contributed by atoms with E-state index in [1.165, 1.54) is 24.0 Å². The Morgan fingerprint density at radius 1 is 0.962 bits per heavy atom. The lowest BCUT2D eigenvalue weighted by molar-refractivity contribution is 0.263. The van der Waals surface area contributed by atoms with Crippen molar-refractivity contribution in [3.63, 3.8) is 0 Å². The number of benzene rings is 2. The van der Waals surface area contributed by atoms with Crippen LogP contribution in [0.3, 0.4) is 0 Å². The molecule has 4 rings (SSSR count). The van der Waals surface area contributed by atoms with Crippen LogP contribution in [0.4, 0.5) is 0 Å². The predicted molar refractivity (Wildman–Crippen MR) is 102 cm³/mol. The number of halogens is 1. The molecule has 1 aliphatic heterocycles. The van der Waals surface area contributed by atoms with E-state index in [1.807, 2.05) is 22.9 Å². The van der Waals surface area contributed by atoms with Crippen molar-refractivity contribution in [3.05, 3.63) is 76.6 Å². The Bertz CT molecular complexity index is 825. The zero-order valence-electron chi connectivity index (χ0n) is 14.6. The molecule has 0 amide bonds. The van der Waals surface area contributed by atoms with Gasteiger partial charge in [-0.1, -0.05) is 54.1 Å². The van der Waals surface area contributed by atoms with Crippen LogP contribution in [0.1, 0.15) is 35.8 Å². The Hall–Kier alpha value is -2.24. The van der Waals surface area contributed by atoms with Gasteiger partial charge < -0.3 is 0 Å². The first kappa shape index (κ1) is 17.2. The number of aryl methyl sites for hydroxylation is 2. The van der Waals surface area contributed by atoms with E-state index < -0.39 is 0 Å². The van der Waals surface area contributed by atoms with Crippen LogP contribution >= 0.6 is 11.6 Å². The van der Waals surface area contributed by atoms with Crippen LogP contribution in [0.5, 0.6) is 0 Å². The van der Waals surface area contributed by atoms with Crippen LogP contribution in [-0.4, -0.2) is 38.2 Å². The molecule has 1 aromatic heterocycles. The van der Waals surface area contributed by atoms with E-state index in [9.17, 15) is 0 Å². The van der Waals surface area contributed by atoms with Crippen LogP contribution in [0.2, 0.25) is 5.02 Å². The number of rotatable bonds is 6. The van der Waals surface area contributed by atoms with Crippen molar-refractivity contribution in [2.24, 2.45) is 0 Å². The van der Waals surface area contributed by atoms with Gasteiger partial charge in [0.2, 0.25) is 0 Å². The third kappa shape index (κ3) is 3.79. The maximum Gasteiger partial charge on any atom is 0.173 e. The highest BCUT2D eigenvalue weighted by Gasteiger charge is 2.29. The summed E-state index contributed by atoms with van der Waals surface area (Å²) in [5.74, 6) is 0.908. The second-order valence-corrected chi connectivity index (χ2v) is 7.13. The molecule has 0 bridgehead atoms. The van der Waals surface area contributed by atoms with Crippen molar-refractivity contribution >= 4 is 11.6 Å². The summed E-state index contributed by atoms with van der Waals surface area (Å²) in [7, 11) is 0. The molecule has 1 aliphatic rings. The Morgan fingerprint density at radius 3 is 2.42 bits per heavy atom. The summed E-state index contributed by atoms with van der Waals surface area (Å²) >= 11 is 6.09. The molecule has 3 aromatic rings. The molecule has 1 atom stereocenters. The van der Waals surface area contributed by atoms with Crippen molar-refractivity contribution in [2.75, 3.05) is 13.1 Å². The van der Waals surface area contributed by atoms with Crippen LogP contribution in [-0.2, 0) is 13.0 Å². The lowest BCUT2D eigenvalue weighted by Crippen LogP contribution is -2.29. The largest absolute Gasteiger partial charge is 0.290 e. The van der Waals surface area contributed by atoms with Crippen molar-refractivity contribution in [3.8, 4) is 0 Å². The summed E-state index contributed by atoms with van der Waals surface area (Å²) in [6.45, 7) is 2.90. The van der Waals surface area contributed by atoms with E-state index in [0.717, 1.165) is 36.9 Å². The molecule has 26 heavy (non-hydrogen) atoms. The maximum atomic E-state index is 6.09. The molecule has 0 unspecified atom stereocenters. The average Bonchev–Trinajstić information content (AvgIpc) is 3.36. The Kier molecular flexibility index (Phi) is 5.27. The van der Waals surface area contributed by atoms with Crippen molar-refractivity contribution in [1.82, 2.24) is 25.1 Å². The number of likely N-dealkylation sites (tertiary alicyclic amines) is 1. The lowest BCUT2D eigenvalue weighted by Gasteiger charge is -2.27. The third-order valence-corrected chi connectivity index (χ3v) is 5.20. The van der Waals surface area contributed by atoms with Gasteiger partial charge in [-0.25, -0.2) is 4.68 Å². The SMILES string of the molecule is Clc1ccc([C@H](c2nnnn2CCc2ccccc2)N2CCCC2)cc1. The zero-order chi connectivity index (χ0) is 17.8. The second kappa shape index (κ2) is 7.98. The van der Waals surface area contributed by atoms with Gasteiger partial charge in [0.15, 0.2) is 5.82 Å². The highest BCUT2D eigenvalue weighted by Crippen LogP contribution is 2.30. The molecule has 2 aromatic carbocycles. The minimum absolute atomic E-state index is 0.0699. The van der Waals surface area contributed by atoms with Gasteiger partial charge in [0.05, 0.1) is 6.04 Å². The van der Waals surface area contributed by atoms with Gasteiger partial charge in [-0.3, -0.25) is 4.90 Å². The fraction of sp³-hybridized carbons (Fsp3) is 0.350. The molecular formula is C20H22ClN5. The fourth-order valence-corrected chi connectivity index (χ4v) is 3.74. The third-order valence-electron chi connectivity index (χ3n) is 4.95. The Morgan fingerprint density at radius 2 is 1.69 bits per heavy atom. The van der Waals surface area contributed by atoms with Gasteiger partial charge in [-0.05, 0) is 66.0 Å². The van der Waals surface area contributed by atoms with Gasteiger partial charge in [0.1, 0.15) is 0 Å². The van der Waals surface area contributed by atoms with Gasteiger partial charge in [-0.15, -0.1) is 5.10 Å². The van der Waals surface area contributed by atoms with E-state index in [2.05, 4.69) is 56.8 Å². The second-order valence-electron chi connectivity index (χ2n) is 6.69. The average molecular weight is 368 g/mol. The molecule has 134 valence electrons. The van der Waals surface area contributed by atoms with E-state index in [4.69, 9.17) is 11.6 Å². The van der Waals surface area contributed by atoms with E-state index in [1.54, 1.807) is 0 Å². The summed E-state index contributed by atoms with van der Waals surface area (Å²) in [6, 6.07) is 18.6. The molecule has 2 heterocycles. The number of tetrazole rings is 1. The summed E-state index contributed by atoms with van der Waals surface area (Å²) in [6.07, 6.45) is 3.34. The number of aromatic nitrogens is 4. The molecule has 1 saturated heterocycles. The molecule has 5 nitrogen and oxygen atoms in total. The van der Waals surface area contributed by atoms with Crippen molar-refractivity contribution in [1.29, 1.82) is 0 Å². The quantitative estimate of drug-likeness (QED) is 0.665. The topological polar surface area (TPSA) is 46.8 Å². The van der Waals surface area contributed by atoms with Gasteiger partial charge in [0.25, 0.3) is 0 Å². The van der Waals surface area contributed by atoms with Gasteiger partial charge in [0, 0.05) is 11.6 Å². The molecule has 0 N–H and O–H groups in total. The molecular weight excluding hydrogens is 346 g/mol. The zero-order valence-corrected chi connectivity index (χ0v) is 15.4. The molecule has 0 spiro atoms.